The first-order valence-electron chi connectivity index (χ1n) is 11.8. The van der Waals surface area contributed by atoms with Crippen molar-refractivity contribution in [3.05, 3.63) is 70.3 Å². The van der Waals surface area contributed by atoms with Crippen LogP contribution in [0.1, 0.15) is 59.4 Å². The number of rotatable bonds is 7. The fourth-order valence-corrected chi connectivity index (χ4v) is 5.27. The summed E-state index contributed by atoms with van der Waals surface area (Å²) in [5.74, 6) is 1.25. The zero-order valence-electron chi connectivity index (χ0n) is 18.4. The highest BCUT2D eigenvalue weighted by atomic mass is 16.1. The van der Waals surface area contributed by atoms with Crippen molar-refractivity contribution >= 4 is 6.29 Å². The highest BCUT2D eigenvalue weighted by Crippen LogP contribution is 2.37. The molecule has 1 fully saturated rings. The van der Waals surface area contributed by atoms with Crippen molar-refractivity contribution in [2.24, 2.45) is 5.92 Å². The van der Waals surface area contributed by atoms with Gasteiger partial charge in [0, 0.05) is 19.5 Å². The molecule has 0 saturated carbocycles. The van der Waals surface area contributed by atoms with E-state index in [1.807, 2.05) is 0 Å². The Morgan fingerprint density at radius 3 is 2.67 bits per heavy atom. The number of aryl methyl sites for hydroxylation is 1. The summed E-state index contributed by atoms with van der Waals surface area (Å²) in [6.45, 7) is 7.64. The first-order valence-corrected chi connectivity index (χ1v) is 11.8. The molecule has 1 saturated heterocycles. The first-order chi connectivity index (χ1) is 14.7. The number of benzene rings is 2. The third-order valence-electron chi connectivity index (χ3n) is 7.06. The number of hydrogen-bond donors (Lipinski definition) is 1. The standard InChI is InChI=1S/C27H36N2O/c1-21-5-7-22(8-6-21)19-29-16-13-24(4-2-3-17-30)27(20-29)26-10-9-23-11-14-28-15-12-25(23)18-26/h5-10,17-18,24,27-28H,2-4,11-16,19-20H2,1H3. The van der Waals surface area contributed by atoms with Crippen LogP contribution in [0.4, 0.5) is 0 Å². The van der Waals surface area contributed by atoms with Gasteiger partial charge in [-0.15, -0.1) is 0 Å². The Hall–Kier alpha value is -1.97. The van der Waals surface area contributed by atoms with E-state index in [0.717, 1.165) is 58.3 Å². The normalized spacial score (nSPS) is 22.3. The van der Waals surface area contributed by atoms with Crippen LogP contribution in [-0.4, -0.2) is 37.4 Å². The summed E-state index contributed by atoms with van der Waals surface area (Å²) in [6.07, 6.45) is 7.48. The van der Waals surface area contributed by atoms with Gasteiger partial charge in [0.25, 0.3) is 0 Å². The molecule has 1 N–H and O–H groups in total. The van der Waals surface area contributed by atoms with Crippen LogP contribution in [0.25, 0.3) is 0 Å². The van der Waals surface area contributed by atoms with Gasteiger partial charge in [0.15, 0.2) is 0 Å². The molecule has 2 unspecified atom stereocenters. The quantitative estimate of drug-likeness (QED) is 0.538. The average molecular weight is 405 g/mol. The number of fused-ring (bicyclic) bond motifs is 1. The van der Waals surface area contributed by atoms with E-state index >= 15 is 0 Å². The van der Waals surface area contributed by atoms with Crippen molar-refractivity contribution in [3.8, 4) is 0 Å². The molecule has 2 heterocycles. The molecule has 160 valence electrons. The van der Waals surface area contributed by atoms with E-state index in [-0.39, 0.29) is 0 Å². The molecule has 3 nitrogen and oxygen atoms in total. The van der Waals surface area contributed by atoms with E-state index in [2.05, 4.69) is 59.6 Å². The van der Waals surface area contributed by atoms with Gasteiger partial charge in [0.1, 0.15) is 6.29 Å². The molecule has 0 aliphatic carbocycles. The van der Waals surface area contributed by atoms with Gasteiger partial charge in [-0.05, 0) is 92.8 Å². The maximum absolute atomic E-state index is 10.9. The summed E-state index contributed by atoms with van der Waals surface area (Å²) in [6, 6.07) is 16.3. The predicted octanol–water partition coefficient (Wildman–Crippen LogP) is 4.66. The van der Waals surface area contributed by atoms with E-state index in [4.69, 9.17) is 0 Å². The largest absolute Gasteiger partial charge is 0.316 e. The Morgan fingerprint density at radius 1 is 1.07 bits per heavy atom. The zero-order valence-corrected chi connectivity index (χ0v) is 18.4. The van der Waals surface area contributed by atoms with Gasteiger partial charge < -0.3 is 10.1 Å². The lowest BCUT2D eigenvalue weighted by Crippen LogP contribution is -2.39. The summed E-state index contributed by atoms with van der Waals surface area (Å²) < 4.78 is 0. The summed E-state index contributed by atoms with van der Waals surface area (Å²) in [5.41, 5.74) is 7.31. The SMILES string of the molecule is Cc1ccc(CN2CCC(CCCC=O)C(c3ccc4c(c3)CCNCC4)C2)cc1. The molecule has 4 rings (SSSR count). The molecule has 2 aliphatic rings. The van der Waals surface area contributed by atoms with Crippen LogP contribution in [-0.2, 0) is 24.2 Å². The van der Waals surface area contributed by atoms with Crippen LogP contribution in [0.5, 0.6) is 0 Å². The van der Waals surface area contributed by atoms with Crippen LogP contribution in [0.3, 0.4) is 0 Å². The van der Waals surface area contributed by atoms with Crippen LogP contribution in [0.15, 0.2) is 42.5 Å². The van der Waals surface area contributed by atoms with Gasteiger partial charge in [-0.3, -0.25) is 4.90 Å². The van der Waals surface area contributed by atoms with Crippen molar-refractivity contribution in [2.45, 2.75) is 57.9 Å². The number of piperidine rings is 1. The number of unbranched alkanes of at least 4 members (excludes halogenated alkanes) is 1. The Bertz CT molecular complexity index is 829. The molecule has 3 heteroatoms. The van der Waals surface area contributed by atoms with E-state index in [1.54, 1.807) is 5.56 Å². The van der Waals surface area contributed by atoms with Gasteiger partial charge >= 0.3 is 0 Å². The molecular weight excluding hydrogens is 368 g/mol. The third kappa shape index (κ3) is 5.39. The molecule has 2 aromatic rings. The monoisotopic (exact) mass is 404 g/mol. The maximum atomic E-state index is 10.9. The Morgan fingerprint density at radius 2 is 1.87 bits per heavy atom. The zero-order chi connectivity index (χ0) is 20.8. The van der Waals surface area contributed by atoms with Gasteiger partial charge in [-0.25, -0.2) is 0 Å². The minimum absolute atomic E-state index is 0.567. The molecule has 0 bridgehead atoms. The average Bonchev–Trinajstić information content (AvgIpc) is 3.01. The molecular formula is C27H36N2O. The Kier molecular flexibility index (Phi) is 7.35. The lowest BCUT2D eigenvalue weighted by atomic mass is 9.77. The second-order valence-electron chi connectivity index (χ2n) is 9.25. The molecule has 2 atom stereocenters. The lowest BCUT2D eigenvalue weighted by Gasteiger charge is -2.39. The maximum Gasteiger partial charge on any atom is 0.119 e. The highest BCUT2D eigenvalue weighted by Gasteiger charge is 2.30. The van der Waals surface area contributed by atoms with Crippen LogP contribution < -0.4 is 5.32 Å². The third-order valence-corrected chi connectivity index (χ3v) is 7.06. The van der Waals surface area contributed by atoms with Crippen LogP contribution >= 0.6 is 0 Å². The topological polar surface area (TPSA) is 32.3 Å². The number of likely N-dealkylation sites (tertiary alicyclic amines) is 1. The van der Waals surface area contributed by atoms with Crippen LogP contribution in [0, 0.1) is 12.8 Å². The fraction of sp³-hybridized carbons (Fsp3) is 0.519. The van der Waals surface area contributed by atoms with Crippen molar-refractivity contribution in [1.82, 2.24) is 10.2 Å². The van der Waals surface area contributed by atoms with Gasteiger partial charge in [-0.2, -0.15) is 0 Å². The summed E-state index contributed by atoms with van der Waals surface area (Å²) in [4.78, 5) is 13.5. The second kappa shape index (κ2) is 10.4. The van der Waals surface area contributed by atoms with Crippen molar-refractivity contribution < 1.29 is 4.79 Å². The Labute approximate surface area is 181 Å². The van der Waals surface area contributed by atoms with Crippen molar-refractivity contribution in [1.29, 1.82) is 0 Å². The van der Waals surface area contributed by atoms with E-state index < -0.39 is 0 Å². The molecule has 0 spiro atoms. The molecule has 0 amide bonds. The summed E-state index contributed by atoms with van der Waals surface area (Å²) >= 11 is 0. The van der Waals surface area contributed by atoms with E-state index in [0.29, 0.717) is 18.3 Å². The minimum atomic E-state index is 0.567. The number of carbonyl (C=O) groups excluding carboxylic acids is 1. The summed E-state index contributed by atoms with van der Waals surface area (Å²) in [7, 11) is 0. The first kappa shape index (κ1) is 21.3. The number of aldehydes is 1. The second-order valence-corrected chi connectivity index (χ2v) is 9.25. The summed E-state index contributed by atoms with van der Waals surface area (Å²) in [5, 5.41) is 3.53. The van der Waals surface area contributed by atoms with Crippen molar-refractivity contribution in [2.75, 3.05) is 26.2 Å². The fourth-order valence-electron chi connectivity index (χ4n) is 5.27. The van der Waals surface area contributed by atoms with E-state index in [9.17, 15) is 4.79 Å². The van der Waals surface area contributed by atoms with Gasteiger partial charge in [-0.1, -0.05) is 48.0 Å². The minimum Gasteiger partial charge on any atom is -0.316 e. The van der Waals surface area contributed by atoms with Crippen LogP contribution in [0.2, 0.25) is 0 Å². The number of carbonyl (C=O) groups is 1. The number of nitrogens with one attached hydrogen (secondary N) is 1. The van der Waals surface area contributed by atoms with E-state index in [1.165, 1.54) is 35.1 Å². The Balaban J connectivity index is 1.52. The molecule has 0 radical (unpaired) electrons. The predicted molar refractivity (Wildman–Crippen MR) is 124 cm³/mol. The van der Waals surface area contributed by atoms with Crippen molar-refractivity contribution in [3.63, 3.8) is 0 Å². The number of hydrogen-bond acceptors (Lipinski definition) is 3. The van der Waals surface area contributed by atoms with Gasteiger partial charge in [0.2, 0.25) is 0 Å². The highest BCUT2D eigenvalue weighted by molar-refractivity contribution is 5.49. The number of nitrogens with zero attached hydrogens (tertiary/aromatic N) is 1. The molecule has 0 aromatic heterocycles. The smallest absolute Gasteiger partial charge is 0.119 e. The molecule has 2 aromatic carbocycles. The van der Waals surface area contributed by atoms with Gasteiger partial charge in [0.05, 0.1) is 0 Å². The molecule has 2 aliphatic heterocycles. The molecule has 30 heavy (non-hydrogen) atoms. The lowest BCUT2D eigenvalue weighted by molar-refractivity contribution is -0.108.